The molecule has 4 heteroatoms. The number of carboxylic acids is 1. The lowest BCUT2D eigenvalue weighted by Crippen LogP contribution is -2.17. The summed E-state index contributed by atoms with van der Waals surface area (Å²) in [7, 11) is 0. The second-order valence-corrected chi connectivity index (χ2v) is 5.48. The highest BCUT2D eigenvalue weighted by molar-refractivity contribution is 6.30. The Balaban J connectivity index is 2.35. The molecule has 0 aliphatic heterocycles. The largest absolute Gasteiger partial charge is 0.481 e. The van der Waals surface area contributed by atoms with Crippen LogP contribution in [0.3, 0.4) is 0 Å². The van der Waals surface area contributed by atoms with E-state index in [1.807, 2.05) is 54.6 Å². The molecule has 0 fully saturated rings. The van der Waals surface area contributed by atoms with Crippen molar-refractivity contribution in [2.24, 2.45) is 5.73 Å². The van der Waals surface area contributed by atoms with Crippen molar-refractivity contribution in [3.63, 3.8) is 0 Å². The topological polar surface area (TPSA) is 63.3 Å². The Bertz CT molecular complexity index is 668. The smallest absolute Gasteiger partial charge is 0.304 e. The van der Waals surface area contributed by atoms with E-state index in [4.69, 9.17) is 22.4 Å². The first-order valence-electron chi connectivity index (χ1n) is 7.04. The Kier molecular flexibility index (Phi) is 5.75. The highest BCUT2D eigenvalue weighted by atomic mass is 35.5. The van der Waals surface area contributed by atoms with E-state index in [0.29, 0.717) is 5.02 Å². The molecule has 2 aromatic carbocycles. The third-order valence-electron chi connectivity index (χ3n) is 3.45. The zero-order chi connectivity index (χ0) is 15.9. The van der Waals surface area contributed by atoms with Crippen LogP contribution in [-0.2, 0) is 4.79 Å². The SMILES string of the molecule is NC[C@H](CC(=O)O)c1ccc(Cl)cc1/C=C/c1ccccc1. The van der Waals surface area contributed by atoms with Crippen molar-refractivity contribution in [1.29, 1.82) is 0 Å². The molecule has 22 heavy (non-hydrogen) atoms. The minimum Gasteiger partial charge on any atom is -0.481 e. The molecule has 0 aromatic heterocycles. The fraction of sp³-hybridized carbons (Fsp3) is 0.167. The van der Waals surface area contributed by atoms with Crippen LogP contribution in [0.4, 0.5) is 0 Å². The molecule has 0 saturated heterocycles. The molecule has 2 rings (SSSR count). The van der Waals surface area contributed by atoms with Crippen molar-refractivity contribution in [1.82, 2.24) is 0 Å². The monoisotopic (exact) mass is 315 g/mol. The molecule has 2 aromatic rings. The summed E-state index contributed by atoms with van der Waals surface area (Å²) < 4.78 is 0. The van der Waals surface area contributed by atoms with E-state index >= 15 is 0 Å². The maximum absolute atomic E-state index is 11.0. The van der Waals surface area contributed by atoms with Crippen molar-refractivity contribution in [2.75, 3.05) is 6.54 Å². The average molecular weight is 316 g/mol. The van der Waals surface area contributed by atoms with Crippen LogP contribution in [0.1, 0.15) is 29.0 Å². The normalized spacial score (nSPS) is 12.5. The summed E-state index contributed by atoms with van der Waals surface area (Å²) >= 11 is 6.07. The number of nitrogens with two attached hydrogens (primary N) is 1. The second-order valence-electron chi connectivity index (χ2n) is 5.05. The van der Waals surface area contributed by atoms with Gasteiger partial charge in [-0.05, 0) is 35.4 Å². The van der Waals surface area contributed by atoms with Gasteiger partial charge in [-0.2, -0.15) is 0 Å². The lowest BCUT2D eigenvalue weighted by Gasteiger charge is -2.16. The minimum atomic E-state index is -0.858. The van der Waals surface area contributed by atoms with E-state index < -0.39 is 5.97 Å². The maximum atomic E-state index is 11.0. The zero-order valence-corrected chi connectivity index (χ0v) is 12.8. The Morgan fingerprint density at radius 1 is 1.18 bits per heavy atom. The molecule has 0 aliphatic carbocycles. The lowest BCUT2D eigenvalue weighted by molar-refractivity contribution is -0.137. The van der Waals surface area contributed by atoms with Gasteiger partial charge in [0.15, 0.2) is 0 Å². The first kappa shape index (κ1) is 16.3. The van der Waals surface area contributed by atoms with Crippen LogP contribution in [0.25, 0.3) is 12.2 Å². The van der Waals surface area contributed by atoms with Crippen LogP contribution in [0.15, 0.2) is 48.5 Å². The van der Waals surface area contributed by atoms with Crippen LogP contribution in [0.2, 0.25) is 5.02 Å². The highest BCUT2D eigenvalue weighted by Crippen LogP contribution is 2.27. The summed E-state index contributed by atoms with van der Waals surface area (Å²) in [5.74, 6) is -1.09. The van der Waals surface area contributed by atoms with Gasteiger partial charge in [-0.25, -0.2) is 0 Å². The molecular formula is C18H18ClNO2. The minimum absolute atomic E-state index is 0.00428. The van der Waals surface area contributed by atoms with Crippen LogP contribution in [-0.4, -0.2) is 17.6 Å². The van der Waals surface area contributed by atoms with Crippen LogP contribution < -0.4 is 5.73 Å². The molecule has 114 valence electrons. The van der Waals surface area contributed by atoms with Crippen LogP contribution in [0, 0.1) is 0 Å². The standard InChI is InChI=1S/C18H18ClNO2/c19-16-8-9-17(15(12-20)11-18(21)22)14(10-16)7-6-13-4-2-1-3-5-13/h1-10,15H,11-12,20H2,(H,21,22)/b7-6+/t15-/m0/s1. The van der Waals surface area contributed by atoms with E-state index in [0.717, 1.165) is 16.7 Å². The Morgan fingerprint density at radius 2 is 1.91 bits per heavy atom. The van der Waals surface area contributed by atoms with Gasteiger partial charge in [0.1, 0.15) is 0 Å². The van der Waals surface area contributed by atoms with Gasteiger partial charge in [0.25, 0.3) is 0 Å². The maximum Gasteiger partial charge on any atom is 0.304 e. The molecule has 0 aliphatic rings. The van der Waals surface area contributed by atoms with E-state index in [2.05, 4.69) is 0 Å². The molecular weight excluding hydrogens is 298 g/mol. The summed E-state index contributed by atoms with van der Waals surface area (Å²) in [5.41, 5.74) is 8.61. The van der Waals surface area contributed by atoms with Gasteiger partial charge in [-0.3, -0.25) is 4.79 Å². The number of aliphatic carboxylic acids is 1. The fourth-order valence-corrected chi connectivity index (χ4v) is 2.52. The predicted octanol–water partition coefficient (Wildman–Crippen LogP) is 4.03. The van der Waals surface area contributed by atoms with Gasteiger partial charge in [0, 0.05) is 10.9 Å². The summed E-state index contributed by atoms with van der Waals surface area (Å²) in [4.78, 5) is 11.0. The van der Waals surface area contributed by atoms with E-state index in [9.17, 15) is 4.79 Å². The number of rotatable bonds is 6. The number of carbonyl (C=O) groups is 1. The second kappa shape index (κ2) is 7.78. The molecule has 0 saturated carbocycles. The first-order chi connectivity index (χ1) is 10.6. The van der Waals surface area contributed by atoms with Crippen molar-refractivity contribution >= 4 is 29.7 Å². The van der Waals surface area contributed by atoms with Crippen molar-refractivity contribution in [2.45, 2.75) is 12.3 Å². The number of benzene rings is 2. The van der Waals surface area contributed by atoms with Crippen LogP contribution >= 0.6 is 11.6 Å². The molecule has 0 spiro atoms. The van der Waals surface area contributed by atoms with E-state index in [-0.39, 0.29) is 18.9 Å². The van der Waals surface area contributed by atoms with Crippen molar-refractivity contribution in [3.8, 4) is 0 Å². The number of hydrogen-bond acceptors (Lipinski definition) is 2. The Morgan fingerprint density at radius 3 is 2.55 bits per heavy atom. The van der Waals surface area contributed by atoms with Gasteiger partial charge in [-0.15, -0.1) is 0 Å². The number of halogens is 1. The van der Waals surface area contributed by atoms with E-state index in [1.165, 1.54) is 0 Å². The fourth-order valence-electron chi connectivity index (χ4n) is 2.34. The molecule has 0 radical (unpaired) electrons. The molecule has 0 unspecified atom stereocenters. The van der Waals surface area contributed by atoms with Crippen LogP contribution in [0.5, 0.6) is 0 Å². The summed E-state index contributed by atoms with van der Waals surface area (Å²) in [6.07, 6.45) is 3.93. The Hall–Kier alpha value is -2.10. The molecule has 0 bridgehead atoms. The first-order valence-corrected chi connectivity index (χ1v) is 7.42. The molecule has 3 nitrogen and oxygen atoms in total. The third-order valence-corrected chi connectivity index (χ3v) is 3.68. The number of carboxylic acid groups (broad SMARTS) is 1. The van der Waals surface area contributed by atoms with Gasteiger partial charge < -0.3 is 10.8 Å². The third kappa shape index (κ3) is 4.45. The summed E-state index contributed by atoms with van der Waals surface area (Å²) in [6.45, 7) is 0.278. The summed E-state index contributed by atoms with van der Waals surface area (Å²) in [6, 6.07) is 15.3. The highest BCUT2D eigenvalue weighted by Gasteiger charge is 2.16. The lowest BCUT2D eigenvalue weighted by atomic mass is 9.91. The van der Waals surface area contributed by atoms with Gasteiger partial charge >= 0.3 is 5.97 Å². The molecule has 1 atom stereocenters. The average Bonchev–Trinajstić information content (AvgIpc) is 2.52. The molecule has 0 amide bonds. The van der Waals surface area contributed by atoms with Gasteiger partial charge in [0.2, 0.25) is 0 Å². The van der Waals surface area contributed by atoms with E-state index in [1.54, 1.807) is 6.07 Å². The van der Waals surface area contributed by atoms with Gasteiger partial charge in [0.05, 0.1) is 6.42 Å². The van der Waals surface area contributed by atoms with Gasteiger partial charge in [-0.1, -0.05) is 60.2 Å². The van der Waals surface area contributed by atoms with Crippen molar-refractivity contribution in [3.05, 3.63) is 70.2 Å². The van der Waals surface area contributed by atoms with Crippen molar-refractivity contribution < 1.29 is 9.90 Å². The number of hydrogen-bond donors (Lipinski definition) is 2. The molecule has 3 N–H and O–H groups in total. The Labute approximate surface area is 135 Å². The zero-order valence-electron chi connectivity index (χ0n) is 12.1. The molecule has 0 heterocycles. The quantitative estimate of drug-likeness (QED) is 0.791. The summed E-state index contributed by atoms with van der Waals surface area (Å²) in [5, 5.41) is 9.64. The predicted molar refractivity (Wildman–Crippen MR) is 90.9 cm³/mol.